The zero-order valence-electron chi connectivity index (χ0n) is 9.83. The molecule has 6 heteroatoms. The Hall–Kier alpha value is -0.460. The molecule has 1 saturated heterocycles. The molecule has 18 heavy (non-hydrogen) atoms. The third-order valence-corrected chi connectivity index (χ3v) is 5.26. The maximum Gasteiger partial charge on any atom is 0.151 e. The number of hydrogen-bond acceptors (Lipinski definition) is 3. The highest BCUT2D eigenvalue weighted by molar-refractivity contribution is 9.10. The average molecular weight is 336 g/mol. The van der Waals surface area contributed by atoms with Crippen LogP contribution in [-0.4, -0.2) is 26.0 Å². The van der Waals surface area contributed by atoms with Gasteiger partial charge in [-0.25, -0.2) is 12.8 Å². The number of rotatable bonds is 3. The van der Waals surface area contributed by atoms with Crippen LogP contribution in [0.3, 0.4) is 0 Å². The first-order valence-corrected chi connectivity index (χ1v) is 8.45. The van der Waals surface area contributed by atoms with E-state index in [0.717, 1.165) is 12.0 Å². The van der Waals surface area contributed by atoms with Crippen molar-refractivity contribution in [3.05, 3.63) is 34.1 Å². The quantitative estimate of drug-likeness (QED) is 0.921. The highest BCUT2D eigenvalue weighted by Gasteiger charge is 2.24. The summed E-state index contributed by atoms with van der Waals surface area (Å²) in [4.78, 5) is 0. The lowest BCUT2D eigenvalue weighted by Gasteiger charge is -2.23. The minimum Gasteiger partial charge on any atom is -0.309 e. The third kappa shape index (κ3) is 4.03. The van der Waals surface area contributed by atoms with Gasteiger partial charge in [-0.3, -0.25) is 0 Å². The van der Waals surface area contributed by atoms with Crippen LogP contribution in [0.4, 0.5) is 4.39 Å². The molecular weight excluding hydrogens is 321 g/mol. The van der Waals surface area contributed by atoms with Crippen molar-refractivity contribution < 1.29 is 12.8 Å². The molecule has 1 fully saturated rings. The van der Waals surface area contributed by atoms with E-state index in [1.807, 2.05) is 6.07 Å². The van der Waals surface area contributed by atoms with Gasteiger partial charge in [-0.2, -0.15) is 0 Å². The maximum absolute atomic E-state index is 13.2. The summed E-state index contributed by atoms with van der Waals surface area (Å²) in [6, 6.07) is 4.66. The Morgan fingerprint density at radius 1 is 1.39 bits per heavy atom. The number of halogens is 2. The Morgan fingerprint density at radius 2 is 2.17 bits per heavy atom. The maximum atomic E-state index is 13.2. The number of benzene rings is 1. The van der Waals surface area contributed by atoms with Gasteiger partial charge >= 0.3 is 0 Å². The first-order chi connectivity index (χ1) is 8.44. The highest BCUT2D eigenvalue weighted by atomic mass is 79.9. The first-order valence-electron chi connectivity index (χ1n) is 5.83. The second kappa shape index (κ2) is 5.67. The Morgan fingerprint density at radius 3 is 2.83 bits per heavy atom. The van der Waals surface area contributed by atoms with E-state index >= 15 is 0 Å². The van der Waals surface area contributed by atoms with E-state index < -0.39 is 9.84 Å². The molecule has 1 aromatic rings. The van der Waals surface area contributed by atoms with Gasteiger partial charge in [0.1, 0.15) is 5.82 Å². The average Bonchev–Trinajstić information content (AvgIpc) is 2.24. The van der Waals surface area contributed by atoms with E-state index in [9.17, 15) is 12.8 Å². The Kier molecular flexibility index (Phi) is 4.40. The van der Waals surface area contributed by atoms with Crippen molar-refractivity contribution in [3.8, 4) is 0 Å². The number of hydrogen-bond donors (Lipinski definition) is 1. The molecule has 1 aliphatic rings. The lowest BCUT2D eigenvalue weighted by atomic mass is 10.1. The summed E-state index contributed by atoms with van der Waals surface area (Å²) in [5.41, 5.74) is 0.810. The van der Waals surface area contributed by atoms with Crippen LogP contribution in [-0.2, 0) is 16.4 Å². The smallest absolute Gasteiger partial charge is 0.151 e. The van der Waals surface area contributed by atoms with E-state index in [2.05, 4.69) is 21.2 Å². The van der Waals surface area contributed by atoms with Gasteiger partial charge in [0.05, 0.1) is 11.5 Å². The Bertz CT molecular complexity index is 513. The van der Waals surface area contributed by atoms with Crippen molar-refractivity contribution in [3.63, 3.8) is 0 Å². The molecule has 1 unspecified atom stereocenters. The van der Waals surface area contributed by atoms with E-state index in [4.69, 9.17) is 0 Å². The van der Waals surface area contributed by atoms with Crippen molar-refractivity contribution in [2.45, 2.75) is 25.4 Å². The molecule has 0 amide bonds. The predicted molar refractivity (Wildman–Crippen MR) is 72.6 cm³/mol. The zero-order valence-corrected chi connectivity index (χ0v) is 12.2. The second-order valence-electron chi connectivity index (χ2n) is 4.61. The highest BCUT2D eigenvalue weighted by Crippen LogP contribution is 2.16. The molecule has 0 radical (unpaired) electrons. The van der Waals surface area contributed by atoms with E-state index in [-0.39, 0.29) is 23.4 Å². The standard InChI is InChI=1S/C12H15BrFNO2S/c13-10-4-9(5-11(14)6-10)7-15-12-2-1-3-18(16,17)8-12/h4-6,12,15H,1-3,7-8H2. The van der Waals surface area contributed by atoms with Gasteiger partial charge in [0.15, 0.2) is 9.84 Å². The van der Waals surface area contributed by atoms with Crippen LogP contribution >= 0.6 is 15.9 Å². The topological polar surface area (TPSA) is 46.2 Å². The van der Waals surface area contributed by atoms with Gasteiger partial charge < -0.3 is 5.32 Å². The summed E-state index contributed by atoms with van der Waals surface area (Å²) in [5.74, 6) is 0.178. The van der Waals surface area contributed by atoms with Crippen LogP contribution in [0, 0.1) is 5.82 Å². The molecule has 1 aromatic carbocycles. The predicted octanol–water partition coefficient (Wildman–Crippen LogP) is 2.25. The molecule has 1 aliphatic heterocycles. The Balaban J connectivity index is 1.95. The largest absolute Gasteiger partial charge is 0.309 e. The fourth-order valence-electron chi connectivity index (χ4n) is 2.16. The van der Waals surface area contributed by atoms with Crippen LogP contribution in [0.15, 0.2) is 22.7 Å². The van der Waals surface area contributed by atoms with E-state index in [0.29, 0.717) is 17.4 Å². The van der Waals surface area contributed by atoms with Crippen molar-refractivity contribution in [2.24, 2.45) is 0 Å². The van der Waals surface area contributed by atoms with Gasteiger partial charge in [0.25, 0.3) is 0 Å². The molecule has 1 atom stereocenters. The van der Waals surface area contributed by atoms with E-state index in [1.165, 1.54) is 12.1 Å². The van der Waals surface area contributed by atoms with Crippen LogP contribution in [0.2, 0.25) is 0 Å². The zero-order chi connectivity index (χ0) is 13.2. The fourth-order valence-corrected chi connectivity index (χ4v) is 4.34. The number of nitrogens with one attached hydrogen (secondary N) is 1. The van der Waals surface area contributed by atoms with Gasteiger partial charge in [-0.05, 0) is 36.6 Å². The van der Waals surface area contributed by atoms with Crippen molar-refractivity contribution in [2.75, 3.05) is 11.5 Å². The third-order valence-electron chi connectivity index (χ3n) is 2.98. The molecule has 0 aliphatic carbocycles. The lowest BCUT2D eigenvalue weighted by Crippen LogP contribution is -2.39. The van der Waals surface area contributed by atoms with Crippen LogP contribution < -0.4 is 5.32 Å². The fraction of sp³-hybridized carbons (Fsp3) is 0.500. The van der Waals surface area contributed by atoms with Crippen molar-refractivity contribution >= 4 is 25.8 Å². The van der Waals surface area contributed by atoms with Crippen LogP contribution in [0.5, 0.6) is 0 Å². The Labute approximate surface area is 115 Å². The summed E-state index contributed by atoms with van der Waals surface area (Å²) in [6.45, 7) is 0.483. The van der Waals surface area contributed by atoms with Gasteiger partial charge in [-0.15, -0.1) is 0 Å². The van der Waals surface area contributed by atoms with Crippen LogP contribution in [0.25, 0.3) is 0 Å². The summed E-state index contributed by atoms with van der Waals surface area (Å²) in [7, 11) is -2.90. The number of sulfone groups is 1. The minimum absolute atomic E-state index is 0.0224. The summed E-state index contributed by atoms with van der Waals surface area (Å²) < 4.78 is 36.8. The first kappa shape index (κ1) is 14.0. The van der Waals surface area contributed by atoms with Crippen LogP contribution in [0.1, 0.15) is 18.4 Å². The molecule has 0 saturated carbocycles. The van der Waals surface area contributed by atoms with Gasteiger partial charge in [-0.1, -0.05) is 15.9 Å². The van der Waals surface area contributed by atoms with Gasteiger partial charge in [0, 0.05) is 17.1 Å². The van der Waals surface area contributed by atoms with Crippen molar-refractivity contribution in [1.82, 2.24) is 5.32 Å². The summed E-state index contributed by atoms with van der Waals surface area (Å²) in [6.07, 6.45) is 1.56. The molecule has 100 valence electrons. The minimum atomic E-state index is -2.90. The monoisotopic (exact) mass is 335 g/mol. The molecule has 0 spiro atoms. The SMILES string of the molecule is O=S1(=O)CCCC(NCc2cc(F)cc(Br)c2)C1. The lowest BCUT2D eigenvalue weighted by molar-refractivity contribution is 0.479. The molecule has 1 heterocycles. The second-order valence-corrected chi connectivity index (χ2v) is 7.76. The summed E-state index contributed by atoms with van der Waals surface area (Å²) in [5, 5.41) is 3.18. The summed E-state index contributed by atoms with van der Waals surface area (Å²) >= 11 is 3.23. The normalized spacial score (nSPS) is 22.9. The molecule has 0 aromatic heterocycles. The molecule has 0 bridgehead atoms. The van der Waals surface area contributed by atoms with Gasteiger partial charge in [0.2, 0.25) is 0 Å². The molecule has 2 rings (SSSR count). The molecule has 3 nitrogen and oxygen atoms in total. The molecule has 1 N–H and O–H groups in total. The van der Waals surface area contributed by atoms with Crippen molar-refractivity contribution in [1.29, 1.82) is 0 Å². The van der Waals surface area contributed by atoms with E-state index in [1.54, 1.807) is 0 Å². The molecular formula is C12H15BrFNO2S.